The largest absolute Gasteiger partial charge is 0.312 e. The minimum Gasteiger partial charge on any atom is -0.312 e. The van der Waals surface area contributed by atoms with E-state index in [1.165, 1.54) is 12.1 Å². The van der Waals surface area contributed by atoms with E-state index < -0.39 is 16.5 Å². The Labute approximate surface area is 196 Å². The molecule has 0 bridgehead atoms. The van der Waals surface area contributed by atoms with Crippen LogP contribution in [0.15, 0.2) is 36.4 Å². The summed E-state index contributed by atoms with van der Waals surface area (Å²) in [5, 5.41) is 23.3. The number of nitrogens with zero attached hydrogens (tertiary/aromatic N) is 4. The fourth-order valence-corrected chi connectivity index (χ4v) is 4.51. The molecule has 0 saturated carbocycles. The predicted octanol–water partition coefficient (Wildman–Crippen LogP) is 4.83. The maximum Gasteiger partial charge on any atom is 0.283 e. The molecular weight excluding hydrogens is 477 g/mol. The lowest BCUT2D eigenvalue weighted by molar-refractivity contribution is -0.385. The number of rotatable bonds is 5. The van der Waals surface area contributed by atoms with Gasteiger partial charge in [-0.3, -0.25) is 25.0 Å². The molecule has 0 radical (unpaired) electrons. The summed E-state index contributed by atoms with van der Waals surface area (Å²) in [4.78, 5) is 37.3. The number of aryl methyl sites for hydroxylation is 1. The van der Waals surface area contributed by atoms with Crippen LogP contribution in [0.3, 0.4) is 0 Å². The van der Waals surface area contributed by atoms with Crippen molar-refractivity contribution in [1.29, 1.82) is 0 Å². The first-order valence-corrected chi connectivity index (χ1v) is 11.0. The average Bonchev–Trinajstić information content (AvgIpc) is 3.36. The van der Waals surface area contributed by atoms with Crippen molar-refractivity contribution < 1.29 is 14.5 Å². The summed E-state index contributed by atoms with van der Waals surface area (Å²) < 4.78 is 0. The lowest BCUT2D eigenvalue weighted by Gasteiger charge is -2.17. The van der Waals surface area contributed by atoms with Crippen molar-refractivity contribution in [2.75, 3.05) is 16.8 Å². The molecule has 1 atom stereocenters. The van der Waals surface area contributed by atoms with Gasteiger partial charge in [0.15, 0.2) is 0 Å². The Morgan fingerprint density at radius 1 is 1.25 bits per heavy atom. The smallest absolute Gasteiger partial charge is 0.283 e. The van der Waals surface area contributed by atoms with Crippen LogP contribution in [0.4, 0.5) is 16.5 Å². The average molecular weight is 492 g/mol. The summed E-state index contributed by atoms with van der Waals surface area (Å²) in [6, 6.07) is 9.22. The van der Waals surface area contributed by atoms with Crippen molar-refractivity contribution in [3.05, 3.63) is 72.7 Å². The van der Waals surface area contributed by atoms with E-state index in [0.717, 1.165) is 23.0 Å². The number of nitro benzene ring substituents is 1. The Morgan fingerprint density at radius 3 is 2.75 bits per heavy atom. The van der Waals surface area contributed by atoms with E-state index in [4.69, 9.17) is 23.2 Å². The van der Waals surface area contributed by atoms with Crippen molar-refractivity contribution in [2.45, 2.75) is 19.3 Å². The predicted molar refractivity (Wildman–Crippen MR) is 122 cm³/mol. The third-order valence-electron chi connectivity index (χ3n) is 5.00. The van der Waals surface area contributed by atoms with Gasteiger partial charge in [0, 0.05) is 40.7 Å². The second-order valence-electron chi connectivity index (χ2n) is 7.16. The van der Waals surface area contributed by atoms with Crippen LogP contribution in [-0.4, -0.2) is 33.5 Å². The minimum atomic E-state index is -0.700. The summed E-state index contributed by atoms with van der Waals surface area (Å²) in [5.41, 5.74) is 1.08. The monoisotopic (exact) mass is 491 g/mol. The van der Waals surface area contributed by atoms with Crippen LogP contribution in [-0.2, 0) is 4.79 Å². The highest BCUT2D eigenvalue weighted by Gasteiger charge is 2.34. The zero-order valence-corrected chi connectivity index (χ0v) is 18.9. The first-order valence-electron chi connectivity index (χ1n) is 9.38. The van der Waals surface area contributed by atoms with Gasteiger partial charge >= 0.3 is 0 Å². The highest BCUT2D eigenvalue weighted by molar-refractivity contribution is 7.15. The molecule has 2 amide bonds. The maximum absolute atomic E-state index is 12.5. The Bertz CT molecular complexity index is 1250. The van der Waals surface area contributed by atoms with Gasteiger partial charge in [-0.2, -0.15) is 0 Å². The number of carbonyl (C=O) groups is 2. The number of amides is 2. The van der Waals surface area contributed by atoms with E-state index in [1.807, 2.05) is 19.1 Å². The molecule has 3 aromatic rings. The van der Waals surface area contributed by atoms with Gasteiger partial charge < -0.3 is 4.90 Å². The summed E-state index contributed by atoms with van der Waals surface area (Å²) >= 11 is 13.1. The molecular formula is C20H15Cl2N5O4S. The van der Waals surface area contributed by atoms with Crippen molar-refractivity contribution in [3.8, 4) is 0 Å². The number of nitrogens with one attached hydrogen (secondary N) is 1. The molecule has 2 heterocycles. The van der Waals surface area contributed by atoms with E-state index in [1.54, 1.807) is 11.0 Å². The van der Waals surface area contributed by atoms with E-state index in [0.29, 0.717) is 22.3 Å². The number of carbonyl (C=O) groups excluding carboxylic acids is 2. The van der Waals surface area contributed by atoms with Gasteiger partial charge in [0.05, 0.1) is 4.92 Å². The van der Waals surface area contributed by atoms with Gasteiger partial charge in [0.25, 0.3) is 11.6 Å². The van der Waals surface area contributed by atoms with Crippen LogP contribution in [0, 0.1) is 17.0 Å². The highest BCUT2D eigenvalue weighted by atomic mass is 35.5. The number of hydrogen-bond donors (Lipinski definition) is 1. The molecule has 9 nitrogen and oxygen atoms in total. The molecule has 1 unspecified atom stereocenters. The van der Waals surface area contributed by atoms with Crippen LogP contribution in [0.5, 0.6) is 0 Å². The second kappa shape index (κ2) is 8.81. The van der Waals surface area contributed by atoms with Crippen molar-refractivity contribution in [2.24, 2.45) is 0 Å². The number of benzene rings is 2. The fourth-order valence-electron chi connectivity index (χ4n) is 3.33. The molecule has 12 heteroatoms. The minimum absolute atomic E-state index is 0.0625. The van der Waals surface area contributed by atoms with Gasteiger partial charge in [-0.1, -0.05) is 40.6 Å². The molecule has 2 aromatic carbocycles. The van der Waals surface area contributed by atoms with Crippen LogP contribution >= 0.6 is 34.5 Å². The Balaban J connectivity index is 1.49. The molecule has 0 aliphatic carbocycles. The third kappa shape index (κ3) is 4.43. The van der Waals surface area contributed by atoms with Gasteiger partial charge in [-0.05, 0) is 36.8 Å². The molecule has 1 N–H and O–H groups in total. The summed E-state index contributed by atoms with van der Waals surface area (Å²) in [6.07, 6.45) is 0.247. The number of hydrogen-bond acceptors (Lipinski definition) is 7. The van der Waals surface area contributed by atoms with Gasteiger partial charge in [0.2, 0.25) is 11.0 Å². The first kappa shape index (κ1) is 22.1. The van der Waals surface area contributed by atoms with Crippen molar-refractivity contribution in [3.63, 3.8) is 0 Å². The number of aromatic nitrogens is 2. The summed E-state index contributed by atoms with van der Waals surface area (Å²) in [6.45, 7) is 2.29. The second-order valence-corrected chi connectivity index (χ2v) is 9.01. The van der Waals surface area contributed by atoms with E-state index in [-0.39, 0.29) is 34.0 Å². The van der Waals surface area contributed by atoms with Gasteiger partial charge in [0.1, 0.15) is 10.6 Å². The summed E-state index contributed by atoms with van der Waals surface area (Å²) in [7, 11) is 0. The Hall–Kier alpha value is -3.08. The molecule has 4 rings (SSSR count). The van der Waals surface area contributed by atoms with Gasteiger partial charge in [-0.25, -0.2) is 0 Å². The molecule has 1 aliphatic rings. The van der Waals surface area contributed by atoms with Crippen LogP contribution in [0.1, 0.15) is 33.3 Å². The Kier molecular flexibility index (Phi) is 6.09. The van der Waals surface area contributed by atoms with Gasteiger partial charge in [-0.15, -0.1) is 10.2 Å². The first-order chi connectivity index (χ1) is 15.2. The molecule has 32 heavy (non-hydrogen) atoms. The van der Waals surface area contributed by atoms with E-state index in [2.05, 4.69) is 15.5 Å². The van der Waals surface area contributed by atoms with E-state index in [9.17, 15) is 19.7 Å². The Morgan fingerprint density at radius 2 is 2.03 bits per heavy atom. The number of anilines is 2. The lowest BCUT2D eigenvalue weighted by Crippen LogP contribution is -2.24. The zero-order chi connectivity index (χ0) is 23.0. The van der Waals surface area contributed by atoms with E-state index >= 15 is 0 Å². The third-order valence-corrected chi connectivity index (χ3v) is 6.65. The zero-order valence-electron chi connectivity index (χ0n) is 16.5. The number of halogens is 2. The van der Waals surface area contributed by atoms with Crippen LogP contribution in [0.25, 0.3) is 0 Å². The lowest BCUT2D eigenvalue weighted by atomic mass is 10.1. The maximum atomic E-state index is 12.5. The standard InChI is InChI=1S/C20H15Cl2N5O4S/c1-10-2-4-13(8-15(10)22)26-9-11(6-17(26)28)19-24-25-20(32-19)23-18(29)14-5-3-12(21)7-16(14)27(30)31/h2-5,7-8,11H,6,9H2,1H3,(H,23,25,29). The number of nitro groups is 1. The van der Waals surface area contributed by atoms with Crippen LogP contribution < -0.4 is 10.2 Å². The molecule has 0 spiro atoms. The van der Waals surface area contributed by atoms with Crippen molar-refractivity contribution in [1.82, 2.24) is 10.2 Å². The molecule has 1 aliphatic heterocycles. The fraction of sp³-hybridized carbons (Fsp3) is 0.200. The molecule has 1 fully saturated rings. The summed E-state index contributed by atoms with van der Waals surface area (Å²) in [5.74, 6) is -0.961. The normalized spacial score (nSPS) is 15.8. The molecule has 1 aromatic heterocycles. The van der Waals surface area contributed by atoms with Crippen molar-refractivity contribution >= 4 is 62.9 Å². The molecule has 164 valence electrons. The molecule has 1 saturated heterocycles. The quantitative estimate of drug-likeness (QED) is 0.403. The topological polar surface area (TPSA) is 118 Å². The SMILES string of the molecule is Cc1ccc(N2CC(c3nnc(NC(=O)c4ccc(Cl)cc4[N+](=O)[O-])s3)CC2=O)cc1Cl. The highest BCUT2D eigenvalue weighted by Crippen LogP contribution is 2.35. The van der Waals surface area contributed by atoms with Crippen LogP contribution in [0.2, 0.25) is 10.0 Å².